The summed E-state index contributed by atoms with van der Waals surface area (Å²) in [6.45, 7) is 4.58. The minimum absolute atomic E-state index is 0.0442. The van der Waals surface area contributed by atoms with E-state index < -0.39 is 0 Å². The van der Waals surface area contributed by atoms with Crippen LogP contribution in [-0.4, -0.2) is 30.3 Å². The van der Waals surface area contributed by atoms with Gasteiger partial charge in [0.15, 0.2) is 0 Å². The van der Waals surface area contributed by atoms with Gasteiger partial charge in [0, 0.05) is 12.0 Å². The summed E-state index contributed by atoms with van der Waals surface area (Å²) in [6.07, 6.45) is 0.851. The lowest BCUT2D eigenvalue weighted by atomic mass is 10.0. The highest BCUT2D eigenvalue weighted by Gasteiger charge is 2.18. The smallest absolute Gasteiger partial charge is 0.251 e. The second kappa shape index (κ2) is 5.40. The van der Waals surface area contributed by atoms with Crippen LogP contribution in [0.15, 0.2) is 18.2 Å². The van der Waals surface area contributed by atoms with Crippen LogP contribution >= 0.6 is 0 Å². The number of aliphatic hydroxyl groups is 1. The fraction of sp³-hybridized carbons (Fsp3) is 0.500. The highest BCUT2D eigenvalue weighted by molar-refractivity contribution is 5.94. The number of hydrogen-bond donors (Lipinski definition) is 2. The van der Waals surface area contributed by atoms with E-state index in [-0.39, 0.29) is 24.5 Å². The van der Waals surface area contributed by atoms with Gasteiger partial charge in [0.1, 0.15) is 5.75 Å². The number of aliphatic hydroxyl groups excluding tert-OH is 1. The van der Waals surface area contributed by atoms with Gasteiger partial charge >= 0.3 is 0 Å². The van der Waals surface area contributed by atoms with Gasteiger partial charge in [-0.15, -0.1) is 0 Å². The largest absolute Gasteiger partial charge is 0.493 e. The molecule has 4 heteroatoms. The highest BCUT2D eigenvalue weighted by Crippen LogP contribution is 2.25. The molecule has 0 saturated carbocycles. The Morgan fingerprint density at radius 2 is 2.28 bits per heavy atom. The molecule has 18 heavy (non-hydrogen) atoms. The molecule has 0 radical (unpaired) electrons. The Bertz CT molecular complexity index is 443. The van der Waals surface area contributed by atoms with Gasteiger partial charge in [-0.25, -0.2) is 0 Å². The lowest BCUT2D eigenvalue weighted by molar-refractivity contribution is 0.0897. The van der Waals surface area contributed by atoms with Crippen molar-refractivity contribution >= 4 is 5.91 Å². The number of ether oxygens (including phenoxy) is 1. The normalized spacial score (nSPS) is 15.1. The summed E-state index contributed by atoms with van der Waals surface area (Å²) in [5.74, 6) is 0.934. The molecule has 98 valence electrons. The Balaban J connectivity index is 2.09. The Morgan fingerprint density at radius 3 is 2.94 bits per heavy atom. The fourth-order valence-electron chi connectivity index (χ4n) is 2.00. The fourth-order valence-corrected chi connectivity index (χ4v) is 2.00. The molecular weight excluding hydrogens is 230 g/mol. The molecule has 0 saturated heterocycles. The summed E-state index contributed by atoms with van der Waals surface area (Å²) in [7, 11) is 0. The molecule has 0 fully saturated rings. The average Bonchev–Trinajstić information content (AvgIpc) is 2.82. The van der Waals surface area contributed by atoms with Gasteiger partial charge in [-0.3, -0.25) is 4.79 Å². The summed E-state index contributed by atoms with van der Waals surface area (Å²) in [5.41, 5.74) is 1.70. The Hall–Kier alpha value is -1.55. The summed E-state index contributed by atoms with van der Waals surface area (Å²) in [6, 6.07) is 5.25. The van der Waals surface area contributed by atoms with Crippen molar-refractivity contribution < 1.29 is 14.6 Å². The van der Waals surface area contributed by atoms with Crippen molar-refractivity contribution in [3.63, 3.8) is 0 Å². The van der Waals surface area contributed by atoms with E-state index in [2.05, 4.69) is 5.32 Å². The zero-order chi connectivity index (χ0) is 13.1. The maximum Gasteiger partial charge on any atom is 0.251 e. The van der Waals surface area contributed by atoms with Crippen LogP contribution in [0.25, 0.3) is 0 Å². The monoisotopic (exact) mass is 249 g/mol. The SMILES string of the molecule is CC(C)C(CO)NC(=O)c1ccc2c(c1)CCO2. The maximum atomic E-state index is 12.1. The molecule has 2 rings (SSSR count). The third-order valence-corrected chi connectivity index (χ3v) is 3.27. The maximum absolute atomic E-state index is 12.1. The number of nitrogens with one attached hydrogen (secondary N) is 1. The Labute approximate surface area is 107 Å². The van der Waals surface area contributed by atoms with E-state index in [1.165, 1.54) is 0 Å². The number of amides is 1. The van der Waals surface area contributed by atoms with E-state index in [0.29, 0.717) is 12.2 Å². The van der Waals surface area contributed by atoms with Crippen LogP contribution in [-0.2, 0) is 6.42 Å². The van der Waals surface area contributed by atoms with Crippen molar-refractivity contribution in [2.75, 3.05) is 13.2 Å². The molecule has 1 aliphatic heterocycles. The molecule has 1 unspecified atom stereocenters. The first-order chi connectivity index (χ1) is 8.61. The van der Waals surface area contributed by atoms with E-state index >= 15 is 0 Å². The van der Waals surface area contributed by atoms with E-state index in [4.69, 9.17) is 4.74 Å². The molecule has 2 N–H and O–H groups in total. The van der Waals surface area contributed by atoms with Crippen LogP contribution in [0, 0.1) is 5.92 Å². The average molecular weight is 249 g/mol. The lowest BCUT2D eigenvalue weighted by Gasteiger charge is -2.20. The summed E-state index contributed by atoms with van der Waals surface area (Å²) in [4.78, 5) is 12.1. The zero-order valence-corrected chi connectivity index (χ0v) is 10.8. The molecule has 1 aromatic carbocycles. The third kappa shape index (κ3) is 2.64. The van der Waals surface area contributed by atoms with Gasteiger partial charge in [0.05, 0.1) is 19.3 Å². The topological polar surface area (TPSA) is 58.6 Å². The standard InChI is InChI=1S/C14H19NO3/c1-9(2)12(8-16)15-14(17)11-3-4-13-10(7-11)5-6-18-13/h3-4,7,9,12,16H,5-6,8H2,1-2H3,(H,15,17). The summed E-state index contributed by atoms with van der Waals surface area (Å²) in [5, 5.41) is 12.1. The van der Waals surface area contributed by atoms with Gasteiger partial charge < -0.3 is 15.2 Å². The van der Waals surface area contributed by atoms with Crippen LogP contribution in [0.5, 0.6) is 5.75 Å². The number of carbonyl (C=O) groups excluding carboxylic acids is 1. The molecule has 0 bridgehead atoms. The molecule has 4 nitrogen and oxygen atoms in total. The molecular formula is C14H19NO3. The lowest BCUT2D eigenvalue weighted by Crippen LogP contribution is -2.41. The summed E-state index contributed by atoms with van der Waals surface area (Å²) < 4.78 is 5.40. The predicted octanol–water partition coefficient (Wildman–Crippen LogP) is 1.37. The van der Waals surface area contributed by atoms with Crippen LogP contribution in [0.2, 0.25) is 0 Å². The van der Waals surface area contributed by atoms with Crippen molar-refractivity contribution in [2.45, 2.75) is 26.3 Å². The van der Waals surface area contributed by atoms with Gasteiger partial charge in [-0.1, -0.05) is 13.8 Å². The van der Waals surface area contributed by atoms with E-state index in [0.717, 1.165) is 17.7 Å². The van der Waals surface area contributed by atoms with Crippen molar-refractivity contribution in [3.8, 4) is 5.75 Å². The van der Waals surface area contributed by atoms with Crippen LogP contribution in [0.4, 0.5) is 0 Å². The Morgan fingerprint density at radius 1 is 1.50 bits per heavy atom. The molecule has 0 aliphatic carbocycles. The quantitative estimate of drug-likeness (QED) is 0.847. The minimum atomic E-state index is -0.206. The molecule has 1 atom stereocenters. The molecule has 1 aromatic rings. The number of benzene rings is 1. The van der Waals surface area contributed by atoms with Crippen molar-refractivity contribution in [3.05, 3.63) is 29.3 Å². The minimum Gasteiger partial charge on any atom is -0.493 e. The first-order valence-corrected chi connectivity index (χ1v) is 6.29. The van der Waals surface area contributed by atoms with E-state index in [1.54, 1.807) is 6.07 Å². The van der Waals surface area contributed by atoms with Crippen LogP contribution < -0.4 is 10.1 Å². The Kier molecular flexibility index (Phi) is 3.87. The second-order valence-corrected chi connectivity index (χ2v) is 4.93. The number of hydrogen-bond acceptors (Lipinski definition) is 3. The first-order valence-electron chi connectivity index (χ1n) is 6.29. The summed E-state index contributed by atoms with van der Waals surface area (Å²) >= 11 is 0. The van der Waals surface area contributed by atoms with Gasteiger partial charge in [-0.2, -0.15) is 0 Å². The van der Waals surface area contributed by atoms with Gasteiger partial charge in [0.2, 0.25) is 0 Å². The molecule has 1 aliphatic rings. The number of fused-ring (bicyclic) bond motifs is 1. The van der Waals surface area contributed by atoms with E-state index in [1.807, 2.05) is 26.0 Å². The van der Waals surface area contributed by atoms with Crippen molar-refractivity contribution in [1.29, 1.82) is 0 Å². The van der Waals surface area contributed by atoms with Crippen LogP contribution in [0.1, 0.15) is 29.8 Å². The predicted molar refractivity (Wildman–Crippen MR) is 68.8 cm³/mol. The van der Waals surface area contributed by atoms with Gasteiger partial charge in [-0.05, 0) is 29.7 Å². The number of carbonyl (C=O) groups is 1. The zero-order valence-electron chi connectivity index (χ0n) is 10.8. The first kappa shape index (κ1) is 12.9. The van der Waals surface area contributed by atoms with Crippen molar-refractivity contribution in [2.24, 2.45) is 5.92 Å². The third-order valence-electron chi connectivity index (χ3n) is 3.27. The highest BCUT2D eigenvalue weighted by atomic mass is 16.5. The second-order valence-electron chi connectivity index (χ2n) is 4.93. The van der Waals surface area contributed by atoms with Crippen LogP contribution in [0.3, 0.4) is 0 Å². The van der Waals surface area contributed by atoms with E-state index in [9.17, 15) is 9.90 Å². The molecule has 1 heterocycles. The molecule has 0 aromatic heterocycles. The van der Waals surface area contributed by atoms with Gasteiger partial charge in [0.25, 0.3) is 5.91 Å². The van der Waals surface area contributed by atoms with Crippen molar-refractivity contribution in [1.82, 2.24) is 5.32 Å². The number of rotatable bonds is 4. The molecule has 0 spiro atoms. The molecule has 1 amide bonds.